The van der Waals surface area contributed by atoms with E-state index in [4.69, 9.17) is 15.0 Å². The van der Waals surface area contributed by atoms with Crippen molar-refractivity contribution in [2.24, 2.45) is 17.8 Å². The molecule has 2 fully saturated rings. The molecule has 1 saturated heterocycles. The fraction of sp³-hybridized carbons (Fsp3) is 0.438. The maximum absolute atomic E-state index is 10.9. The molecule has 7 heteroatoms. The van der Waals surface area contributed by atoms with Gasteiger partial charge in [-0.05, 0) is 30.0 Å². The molecule has 122 valence electrons. The Morgan fingerprint density at radius 1 is 1.26 bits per heavy atom. The van der Waals surface area contributed by atoms with E-state index in [1.165, 1.54) is 0 Å². The van der Waals surface area contributed by atoms with Gasteiger partial charge in [0.2, 0.25) is 0 Å². The molecule has 3 N–H and O–H groups in total. The fourth-order valence-electron chi connectivity index (χ4n) is 3.40. The highest BCUT2D eigenvalue weighted by Crippen LogP contribution is 2.51. The van der Waals surface area contributed by atoms with Crippen LogP contribution in [-0.4, -0.2) is 50.1 Å². The Hall–Kier alpha value is -2.41. The Balaban J connectivity index is 0.000000354. The van der Waals surface area contributed by atoms with E-state index in [0.717, 1.165) is 43.3 Å². The lowest BCUT2D eigenvalue weighted by atomic mass is 10.2. The standard InChI is InChI=1S/C14H15N3O2.C2H4O2/c18-14(19)12-10-6-17(7-11(10)12)5-9-2-1-8-3-4-15-13(8)16-9;1-2(3)4/h1-4,10-12H,5-7H2,(H,15,16)(H,18,19);1H3,(H,3,4)/t10-,11+,12?;. The van der Waals surface area contributed by atoms with E-state index >= 15 is 0 Å². The fourth-order valence-corrected chi connectivity index (χ4v) is 3.40. The molecule has 23 heavy (non-hydrogen) atoms. The lowest BCUT2D eigenvalue weighted by Gasteiger charge is -2.17. The largest absolute Gasteiger partial charge is 0.481 e. The molecule has 1 unspecified atom stereocenters. The van der Waals surface area contributed by atoms with Crippen LogP contribution in [0.25, 0.3) is 11.0 Å². The number of nitrogens with one attached hydrogen (secondary N) is 1. The van der Waals surface area contributed by atoms with Crippen molar-refractivity contribution in [3.63, 3.8) is 0 Å². The average molecular weight is 317 g/mol. The Labute approximate surface area is 132 Å². The molecule has 7 nitrogen and oxygen atoms in total. The summed E-state index contributed by atoms with van der Waals surface area (Å²) in [6.07, 6.45) is 1.89. The number of aromatic amines is 1. The van der Waals surface area contributed by atoms with E-state index in [1.807, 2.05) is 12.3 Å². The van der Waals surface area contributed by atoms with Crippen LogP contribution < -0.4 is 0 Å². The SMILES string of the molecule is CC(=O)O.O=C(O)C1[C@H]2CN(Cc3ccc4cc[nH]c4n3)C[C@@H]12. The number of likely N-dealkylation sites (tertiary alicyclic amines) is 1. The van der Waals surface area contributed by atoms with Crippen molar-refractivity contribution in [2.75, 3.05) is 13.1 Å². The summed E-state index contributed by atoms with van der Waals surface area (Å²) in [6.45, 7) is 3.69. The summed E-state index contributed by atoms with van der Waals surface area (Å²) in [5.74, 6) is -0.811. The summed E-state index contributed by atoms with van der Waals surface area (Å²) in [4.78, 5) is 29.9. The zero-order valence-corrected chi connectivity index (χ0v) is 12.8. The molecule has 4 rings (SSSR count). The van der Waals surface area contributed by atoms with Crippen LogP contribution in [0.2, 0.25) is 0 Å². The molecule has 2 aromatic heterocycles. The molecule has 3 atom stereocenters. The second-order valence-electron chi connectivity index (χ2n) is 6.12. The molecule has 1 aliphatic carbocycles. The maximum Gasteiger partial charge on any atom is 0.307 e. The number of carboxylic acid groups (broad SMARTS) is 2. The van der Waals surface area contributed by atoms with Crippen molar-refractivity contribution >= 4 is 23.0 Å². The van der Waals surface area contributed by atoms with E-state index in [-0.39, 0.29) is 5.92 Å². The first-order valence-corrected chi connectivity index (χ1v) is 7.53. The number of aromatic nitrogens is 2. The lowest BCUT2D eigenvalue weighted by Crippen LogP contribution is -2.26. The zero-order valence-electron chi connectivity index (χ0n) is 12.8. The second kappa shape index (κ2) is 6.00. The van der Waals surface area contributed by atoms with Crippen molar-refractivity contribution in [3.8, 4) is 0 Å². The quantitative estimate of drug-likeness (QED) is 0.790. The molecule has 0 aromatic carbocycles. The molecule has 0 amide bonds. The maximum atomic E-state index is 10.9. The number of pyridine rings is 1. The molecule has 0 bridgehead atoms. The van der Waals surface area contributed by atoms with E-state index < -0.39 is 11.9 Å². The highest BCUT2D eigenvalue weighted by atomic mass is 16.4. The van der Waals surface area contributed by atoms with Crippen LogP contribution in [0.1, 0.15) is 12.6 Å². The minimum atomic E-state index is -0.833. The van der Waals surface area contributed by atoms with Gasteiger partial charge in [0.15, 0.2) is 0 Å². The van der Waals surface area contributed by atoms with Crippen LogP contribution >= 0.6 is 0 Å². The van der Waals surface area contributed by atoms with Gasteiger partial charge in [-0.2, -0.15) is 0 Å². The summed E-state index contributed by atoms with van der Waals surface area (Å²) < 4.78 is 0. The average Bonchev–Trinajstić information content (AvgIpc) is 2.84. The van der Waals surface area contributed by atoms with Crippen LogP contribution in [-0.2, 0) is 16.1 Å². The minimum Gasteiger partial charge on any atom is -0.481 e. The van der Waals surface area contributed by atoms with E-state index in [1.54, 1.807) is 0 Å². The van der Waals surface area contributed by atoms with E-state index in [9.17, 15) is 4.79 Å². The van der Waals surface area contributed by atoms with Crippen molar-refractivity contribution in [2.45, 2.75) is 13.5 Å². The zero-order chi connectivity index (χ0) is 16.6. The third-order valence-corrected chi connectivity index (χ3v) is 4.41. The molecule has 1 saturated carbocycles. The predicted molar refractivity (Wildman–Crippen MR) is 82.8 cm³/mol. The first-order valence-electron chi connectivity index (χ1n) is 7.53. The van der Waals surface area contributed by atoms with Gasteiger partial charge in [-0.1, -0.05) is 0 Å². The Kier molecular flexibility index (Phi) is 4.04. The van der Waals surface area contributed by atoms with Crippen LogP contribution in [0.4, 0.5) is 0 Å². The number of carboxylic acids is 2. The number of carbonyl (C=O) groups is 2. The molecule has 0 spiro atoms. The number of aliphatic carboxylic acids is 2. The van der Waals surface area contributed by atoms with Gasteiger partial charge in [0, 0.05) is 38.1 Å². The van der Waals surface area contributed by atoms with Gasteiger partial charge >= 0.3 is 5.97 Å². The van der Waals surface area contributed by atoms with Crippen LogP contribution in [0.5, 0.6) is 0 Å². The molecule has 0 radical (unpaired) electrons. The third kappa shape index (κ3) is 3.34. The summed E-state index contributed by atoms with van der Waals surface area (Å²) in [7, 11) is 0. The number of nitrogens with zero attached hydrogens (tertiary/aromatic N) is 2. The highest BCUT2D eigenvalue weighted by Gasteiger charge is 2.59. The first-order chi connectivity index (χ1) is 11.0. The van der Waals surface area contributed by atoms with Crippen LogP contribution in [0, 0.1) is 17.8 Å². The van der Waals surface area contributed by atoms with Gasteiger partial charge in [0.25, 0.3) is 5.97 Å². The lowest BCUT2D eigenvalue weighted by molar-refractivity contribution is -0.139. The van der Waals surface area contributed by atoms with E-state index in [0.29, 0.717) is 11.8 Å². The number of fused-ring (bicyclic) bond motifs is 2. The van der Waals surface area contributed by atoms with Crippen molar-refractivity contribution in [3.05, 3.63) is 30.1 Å². The normalized spacial score (nSPS) is 25.5. The topological polar surface area (TPSA) is 107 Å². The minimum absolute atomic E-state index is 0.0879. The third-order valence-electron chi connectivity index (χ3n) is 4.41. The molecule has 2 aromatic rings. The van der Waals surface area contributed by atoms with Gasteiger partial charge < -0.3 is 15.2 Å². The van der Waals surface area contributed by atoms with Crippen molar-refractivity contribution in [1.29, 1.82) is 0 Å². The van der Waals surface area contributed by atoms with Gasteiger partial charge in [0.1, 0.15) is 5.65 Å². The number of hydrogen-bond donors (Lipinski definition) is 3. The highest BCUT2D eigenvalue weighted by molar-refractivity contribution is 5.75. The summed E-state index contributed by atoms with van der Waals surface area (Å²) >= 11 is 0. The molecular formula is C16H19N3O4. The number of rotatable bonds is 3. The Morgan fingerprint density at radius 2 is 1.91 bits per heavy atom. The van der Waals surface area contributed by atoms with Gasteiger partial charge in [-0.15, -0.1) is 0 Å². The molecule has 3 heterocycles. The van der Waals surface area contributed by atoms with Gasteiger partial charge in [-0.25, -0.2) is 4.98 Å². The number of piperidine rings is 1. The molecule has 1 aliphatic heterocycles. The van der Waals surface area contributed by atoms with Crippen LogP contribution in [0.15, 0.2) is 24.4 Å². The monoisotopic (exact) mass is 317 g/mol. The predicted octanol–water partition coefficient (Wildman–Crippen LogP) is 1.42. The van der Waals surface area contributed by atoms with Crippen molar-refractivity contribution < 1.29 is 19.8 Å². The summed E-state index contributed by atoms with van der Waals surface area (Å²) in [5.41, 5.74) is 1.97. The smallest absolute Gasteiger partial charge is 0.307 e. The number of hydrogen-bond acceptors (Lipinski definition) is 4. The van der Waals surface area contributed by atoms with E-state index in [2.05, 4.69) is 27.0 Å². The number of H-pyrrole nitrogens is 1. The van der Waals surface area contributed by atoms with Gasteiger partial charge in [-0.3, -0.25) is 14.5 Å². The second-order valence-corrected chi connectivity index (χ2v) is 6.12. The first kappa shape index (κ1) is 15.5. The Morgan fingerprint density at radius 3 is 2.52 bits per heavy atom. The summed E-state index contributed by atoms with van der Waals surface area (Å²) in [5, 5.41) is 17.5. The molecular weight excluding hydrogens is 298 g/mol. The Bertz CT molecular complexity index is 726. The van der Waals surface area contributed by atoms with Crippen LogP contribution in [0.3, 0.4) is 0 Å². The molecule has 2 aliphatic rings. The summed E-state index contributed by atoms with van der Waals surface area (Å²) in [6, 6.07) is 6.13. The van der Waals surface area contributed by atoms with Gasteiger partial charge in [0.05, 0.1) is 11.6 Å². The van der Waals surface area contributed by atoms with Crippen molar-refractivity contribution in [1.82, 2.24) is 14.9 Å².